The number of hydrogen-bond acceptors (Lipinski definition) is 1. The number of aromatic amines is 1. The van der Waals surface area contributed by atoms with Gasteiger partial charge in [0.15, 0.2) is 0 Å². The Hall–Kier alpha value is -2.00. The maximum atomic E-state index is 5.76. The molecule has 0 unspecified atom stereocenters. The van der Waals surface area contributed by atoms with Crippen LogP contribution in [0.1, 0.15) is 17.0 Å². The van der Waals surface area contributed by atoms with Gasteiger partial charge in [-0.3, -0.25) is 0 Å². The van der Waals surface area contributed by atoms with Crippen molar-refractivity contribution in [2.24, 2.45) is 12.8 Å². The molecule has 2 aromatic heterocycles. The predicted molar refractivity (Wildman–Crippen MR) is 80.1 cm³/mol. The monoisotopic (exact) mass is 253 g/mol. The fourth-order valence-corrected chi connectivity index (χ4v) is 2.83. The molecule has 3 nitrogen and oxygen atoms in total. The van der Waals surface area contributed by atoms with Crippen LogP contribution in [0.4, 0.5) is 0 Å². The number of aryl methyl sites for hydroxylation is 2. The third-order valence-electron chi connectivity index (χ3n) is 3.92. The Morgan fingerprint density at radius 2 is 1.95 bits per heavy atom. The Morgan fingerprint density at radius 3 is 2.63 bits per heavy atom. The van der Waals surface area contributed by atoms with E-state index in [2.05, 4.69) is 60.8 Å². The quantitative estimate of drug-likeness (QED) is 0.723. The van der Waals surface area contributed by atoms with Gasteiger partial charge >= 0.3 is 0 Å². The third kappa shape index (κ3) is 1.70. The molecule has 0 aliphatic heterocycles. The van der Waals surface area contributed by atoms with Gasteiger partial charge in [0, 0.05) is 41.4 Å². The molecule has 2 heterocycles. The van der Waals surface area contributed by atoms with E-state index in [1.165, 1.54) is 33.4 Å². The summed E-state index contributed by atoms with van der Waals surface area (Å²) in [5.41, 5.74) is 13.1. The zero-order chi connectivity index (χ0) is 13.6. The van der Waals surface area contributed by atoms with Gasteiger partial charge in [0.05, 0.1) is 5.69 Å². The zero-order valence-corrected chi connectivity index (χ0v) is 11.6. The highest BCUT2D eigenvalue weighted by Crippen LogP contribution is 2.34. The molecule has 0 spiro atoms. The van der Waals surface area contributed by atoms with E-state index in [0.717, 1.165) is 5.69 Å². The number of rotatable bonds is 2. The zero-order valence-electron chi connectivity index (χ0n) is 11.6. The van der Waals surface area contributed by atoms with Crippen LogP contribution >= 0.6 is 0 Å². The maximum absolute atomic E-state index is 5.76. The first-order valence-corrected chi connectivity index (χ1v) is 6.56. The third-order valence-corrected chi connectivity index (χ3v) is 3.92. The number of nitrogens with one attached hydrogen (secondary N) is 1. The molecule has 3 N–H and O–H groups in total. The fourth-order valence-electron chi connectivity index (χ4n) is 2.83. The van der Waals surface area contributed by atoms with Gasteiger partial charge in [0.1, 0.15) is 0 Å². The highest BCUT2D eigenvalue weighted by molar-refractivity contribution is 5.98. The Balaban J connectivity index is 2.33. The van der Waals surface area contributed by atoms with Crippen molar-refractivity contribution in [3.63, 3.8) is 0 Å². The molecule has 3 rings (SSSR count). The summed E-state index contributed by atoms with van der Waals surface area (Å²) >= 11 is 0. The summed E-state index contributed by atoms with van der Waals surface area (Å²) in [5, 5.41) is 1.28. The van der Waals surface area contributed by atoms with Gasteiger partial charge in [-0.1, -0.05) is 18.2 Å². The van der Waals surface area contributed by atoms with Crippen LogP contribution in [0.5, 0.6) is 0 Å². The van der Waals surface area contributed by atoms with Gasteiger partial charge in [-0.25, -0.2) is 0 Å². The number of hydrogen-bond donors (Lipinski definition) is 2. The van der Waals surface area contributed by atoms with Gasteiger partial charge in [-0.2, -0.15) is 0 Å². The second-order valence-electron chi connectivity index (χ2n) is 5.10. The Bertz CT molecular complexity index is 747. The number of benzene rings is 1. The molecule has 98 valence electrons. The van der Waals surface area contributed by atoms with Crippen LogP contribution < -0.4 is 5.73 Å². The van der Waals surface area contributed by atoms with Gasteiger partial charge in [-0.15, -0.1) is 0 Å². The van der Waals surface area contributed by atoms with Crippen LogP contribution in [0.2, 0.25) is 0 Å². The second kappa shape index (κ2) is 4.28. The molecular formula is C16H19N3. The number of nitrogens with zero attached hydrogens (tertiary/aromatic N) is 1. The lowest BCUT2D eigenvalue weighted by molar-refractivity contribution is 0.831. The number of fused-ring (bicyclic) bond motifs is 1. The highest BCUT2D eigenvalue weighted by Gasteiger charge is 2.15. The summed E-state index contributed by atoms with van der Waals surface area (Å²) in [4.78, 5) is 3.50. The lowest BCUT2D eigenvalue weighted by Crippen LogP contribution is -2.04. The fraction of sp³-hybridized carbons (Fsp3) is 0.250. The molecule has 0 saturated carbocycles. The molecule has 0 radical (unpaired) electrons. The molecule has 3 aromatic rings. The van der Waals surface area contributed by atoms with Crippen LogP contribution in [-0.4, -0.2) is 9.55 Å². The largest absolute Gasteiger partial charge is 0.358 e. The summed E-state index contributed by atoms with van der Waals surface area (Å²) in [6.45, 7) is 4.83. The van der Waals surface area contributed by atoms with Gasteiger partial charge < -0.3 is 15.3 Å². The Kier molecular flexibility index (Phi) is 2.72. The Morgan fingerprint density at radius 1 is 1.16 bits per heavy atom. The normalized spacial score (nSPS) is 11.4. The average molecular weight is 253 g/mol. The van der Waals surface area contributed by atoms with E-state index < -0.39 is 0 Å². The minimum atomic E-state index is 0.566. The first kappa shape index (κ1) is 12.1. The van der Waals surface area contributed by atoms with E-state index in [1.807, 2.05) is 0 Å². The van der Waals surface area contributed by atoms with Crippen molar-refractivity contribution in [1.29, 1.82) is 0 Å². The molecule has 19 heavy (non-hydrogen) atoms. The number of H-pyrrole nitrogens is 1. The summed E-state index contributed by atoms with van der Waals surface area (Å²) in [6.07, 6.45) is 0. The topological polar surface area (TPSA) is 46.7 Å². The minimum absolute atomic E-state index is 0.566. The summed E-state index contributed by atoms with van der Waals surface area (Å²) < 4.78 is 2.18. The van der Waals surface area contributed by atoms with Gasteiger partial charge in [0.25, 0.3) is 0 Å². The summed E-state index contributed by atoms with van der Waals surface area (Å²) in [6, 6.07) is 10.7. The molecular weight excluding hydrogens is 234 g/mol. The van der Waals surface area contributed by atoms with E-state index in [-0.39, 0.29) is 0 Å². The molecule has 3 heteroatoms. The molecule has 0 atom stereocenters. The van der Waals surface area contributed by atoms with Crippen molar-refractivity contribution < 1.29 is 0 Å². The summed E-state index contributed by atoms with van der Waals surface area (Å²) in [7, 11) is 2.07. The van der Waals surface area contributed by atoms with E-state index in [0.29, 0.717) is 6.54 Å². The van der Waals surface area contributed by atoms with E-state index in [9.17, 15) is 0 Å². The molecule has 0 amide bonds. The maximum Gasteiger partial charge on any atom is 0.0504 e. The van der Waals surface area contributed by atoms with Crippen LogP contribution in [-0.2, 0) is 13.6 Å². The van der Waals surface area contributed by atoms with Crippen molar-refractivity contribution in [2.45, 2.75) is 20.4 Å². The molecule has 0 saturated heterocycles. The summed E-state index contributed by atoms with van der Waals surface area (Å²) in [5.74, 6) is 0. The lowest BCUT2D eigenvalue weighted by Gasteiger charge is -2.07. The SMILES string of the molecule is Cc1[nH]c2c(C)cccc2c1-c1ccc(CN)n1C. The van der Waals surface area contributed by atoms with Crippen molar-refractivity contribution >= 4 is 10.9 Å². The van der Waals surface area contributed by atoms with Gasteiger partial charge in [-0.05, 0) is 31.5 Å². The standard InChI is InChI=1S/C16H19N3/c1-10-5-4-6-13-15(11(2)18-16(10)13)14-8-7-12(9-17)19(14)3/h4-8,18H,9,17H2,1-3H3. The van der Waals surface area contributed by atoms with Crippen LogP contribution in [0.25, 0.3) is 22.2 Å². The number of para-hydroxylation sites is 1. The average Bonchev–Trinajstić information content (AvgIpc) is 2.90. The van der Waals surface area contributed by atoms with Crippen LogP contribution in [0, 0.1) is 13.8 Å². The minimum Gasteiger partial charge on any atom is -0.358 e. The second-order valence-corrected chi connectivity index (χ2v) is 5.10. The van der Waals surface area contributed by atoms with Crippen molar-refractivity contribution in [1.82, 2.24) is 9.55 Å². The predicted octanol–water partition coefficient (Wildman–Crippen LogP) is 3.25. The van der Waals surface area contributed by atoms with Crippen molar-refractivity contribution in [3.05, 3.63) is 47.3 Å². The molecule has 0 aliphatic carbocycles. The molecule has 1 aromatic carbocycles. The van der Waals surface area contributed by atoms with Crippen molar-refractivity contribution in [3.8, 4) is 11.3 Å². The first-order chi connectivity index (χ1) is 9.13. The number of aromatic nitrogens is 2. The smallest absolute Gasteiger partial charge is 0.0504 e. The van der Waals surface area contributed by atoms with E-state index in [1.54, 1.807) is 0 Å². The van der Waals surface area contributed by atoms with Crippen molar-refractivity contribution in [2.75, 3.05) is 0 Å². The Labute approximate surface area is 113 Å². The lowest BCUT2D eigenvalue weighted by atomic mass is 10.1. The van der Waals surface area contributed by atoms with E-state index in [4.69, 9.17) is 5.73 Å². The molecule has 0 fully saturated rings. The first-order valence-electron chi connectivity index (χ1n) is 6.56. The van der Waals surface area contributed by atoms with Gasteiger partial charge in [0.2, 0.25) is 0 Å². The molecule has 0 aliphatic rings. The van der Waals surface area contributed by atoms with Crippen LogP contribution in [0.15, 0.2) is 30.3 Å². The number of nitrogens with two attached hydrogens (primary N) is 1. The molecule has 0 bridgehead atoms. The van der Waals surface area contributed by atoms with Crippen LogP contribution in [0.3, 0.4) is 0 Å². The van der Waals surface area contributed by atoms with E-state index >= 15 is 0 Å². The highest BCUT2D eigenvalue weighted by atomic mass is 15.0.